The number of benzene rings is 1. The molecule has 1 fully saturated rings. The van der Waals surface area contributed by atoms with Gasteiger partial charge in [-0.05, 0) is 37.8 Å². The van der Waals surface area contributed by atoms with Crippen molar-refractivity contribution in [2.75, 3.05) is 0 Å². The standard InChI is InChI=1S/C14H15F4NO2.ClH/c1-12(21)6-3-7-13(19,11(12)20)8-4-2-5-9(15)10(8)14(16,17)18;/h2,4-5,21H,3,6-7,19H2,1H3;1H. The molecular formula is C14H16ClF4NO2. The number of halogens is 5. The summed E-state index contributed by atoms with van der Waals surface area (Å²) in [7, 11) is 0. The number of alkyl halides is 3. The number of Topliss-reactive ketones (excluding diaryl/α,β-unsaturated/α-hetero) is 1. The molecule has 2 unspecified atom stereocenters. The number of hydrogen-bond acceptors (Lipinski definition) is 3. The summed E-state index contributed by atoms with van der Waals surface area (Å²) in [5, 5.41) is 10.00. The molecular weight excluding hydrogens is 326 g/mol. The summed E-state index contributed by atoms with van der Waals surface area (Å²) < 4.78 is 52.9. The SMILES string of the molecule is CC1(O)CCCC(N)(c2cccc(F)c2C(F)(F)F)C1=O.Cl. The molecule has 2 atom stereocenters. The van der Waals surface area contributed by atoms with E-state index in [-0.39, 0.29) is 31.7 Å². The van der Waals surface area contributed by atoms with E-state index in [9.17, 15) is 27.5 Å². The van der Waals surface area contributed by atoms with Crippen molar-refractivity contribution in [2.24, 2.45) is 5.73 Å². The molecule has 2 rings (SSSR count). The average molecular weight is 342 g/mol. The Kier molecular flexibility index (Phi) is 4.97. The van der Waals surface area contributed by atoms with Gasteiger partial charge in [-0.1, -0.05) is 12.1 Å². The summed E-state index contributed by atoms with van der Waals surface area (Å²) in [6.07, 6.45) is -4.67. The van der Waals surface area contributed by atoms with Crippen LogP contribution in [-0.2, 0) is 16.5 Å². The fourth-order valence-corrected chi connectivity index (χ4v) is 2.86. The van der Waals surface area contributed by atoms with Crippen molar-refractivity contribution in [3.05, 3.63) is 35.1 Å². The van der Waals surface area contributed by atoms with E-state index >= 15 is 0 Å². The predicted octanol–water partition coefficient (Wildman–Crippen LogP) is 2.92. The Balaban J connectivity index is 0.00000242. The second-order valence-electron chi connectivity index (χ2n) is 5.59. The summed E-state index contributed by atoms with van der Waals surface area (Å²) in [4.78, 5) is 12.3. The zero-order chi connectivity index (χ0) is 16.1. The second-order valence-corrected chi connectivity index (χ2v) is 5.59. The Hall–Kier alpha value is -1.18. The zero-order valence-electron chi connectivity index (χ0n) is 11.7. The number of carbonyl (C=O) groups is 1. The van der Waals surface area contributed by atoms with Crippen molar-refractivity contribution in [3.63, 3.8) is 0 Å². The lowest BCUT2D eigenvalue weighted by atomic mass is 9.68. The third kappa shape index (κ3) is 2.98. The molecule has 1 aliphatic carbocycles. The highest BCUT2D eigenvalue weighted by molar-refractivity contribution is 5.97. The molecule has 1 aromatic rings. The Bertz CT molecular complexity index is 589. The molecule has 0 saturated heterocycles. The third-order valence-electron chi connectivity index (χ3n) is 3.91. The number of hydrogen-bond donors (Lipinski definition) is 2. The number of ketones is 1. The second kappa shape index (κ2) is 5.79. The van der Waals surface area contributed by atoms with E-state index in [1.807, 2.05) is 0 Å². The Morgan fingerprint density at radius 1 is 1.27 bits per heavy atom. The Morgan fingerprint density at radius 2 is 1.86 bits per heavy atom. The molecule has 0 heterocycles. The summed E-state index contributed by atoms with van der Waals surface area (Å²) in [6.45, 7) is 1.21. The van der Waals surface area contributed by atoms with Gasteiger partial charge in [0.2, 0.25) is 0 Å². The predicted molar refractivity (Wildman–Crippen MR) is 74.0 cm³/mol. The van der Waals surface area contributed by atoms with Crippen LogP contribution in [0.5, 0.6) is 0 Å². The Morgan fingerprint density at radius 3 is 2.41 bits per heavy atom. The minimum atomic E-state index is -4.98. The molecule has 0 aliphatic heterocycles. The van der Waals surface area contributed by atoms with Crippen molar-refractivity contribution in [1.29, 1.82) is 0 Å². The smallest absolute Gasteiger partial charge is 0.382 e. The first-order chi connectivity index (χ1) is 9.50. The number of nitrogens with two attached hydrogens (primary N) is 1. The molecule has 0 bridgehead atoms. The molecule has 0 radical (unpaired) electrons. The van der Waals surface area contributed by atoms with Crippen LogP contribution in [0.4, 0.5) is 17.6 Å². The molecule has 1 saturated carbocycles. The largest absolute Gasteiger partial charge is 0.419 e. The molecule has 124 valence electrons. The van der Waals surface area contributed by atoms with Gasteiger partial charge >= 0.3 is 6.18 Å². The molecule has 0 spiro atoms. The third-order valence-corrected chi connectivity index (χ3v) is 3.91. The summed E-state index contributed by atoms with van der Waals surface area (Å²) >= 11 is 0. The summed E-state index contributed by atoms with van der Waals surface area (Å²) in [5.74, 6) is -2.40. The fraction of sp³-hybridized carbons (Fsp3) is 0.500. The van der Waals surface area contributed by atoms with Crippen LogP contribution < -0.4 is 5.73 Å². The lowest BCUT2D eigenvalue weighted by Crippen LogP contribution is -2.58. The number of carbonyl (C=O) groups excluding carboxylic acids is 1. The fourth-order valence-electron chi connectivity index (χ4n) is 2.86. The van der Waals surface area contributed by atoms with Crippen LogP contribution in [0.15, 0.2) is 18.2 Å². The van der Waals surface area contributed by atoms with Gasteiger partial charge in [0.25, 0.3) is 0 Å². The monoisotopic (exact) mass is 341 g/mol. The van der Waals surface area contributed by atoms with E-state index in [0.29, 0.717) is 6.07 Å². The molecule has 1 aliphatic rings. The first-order valence-electron chi connectivity index (χ1n) is 6.42. The van der Waals surface area contributed by atoms with Crippen molar-refractivity contribution in [3.8, 4) is 0 Å². The van der Waals surface area contributed by atoms with Gasteiger partial charge in [-0.2, -0.15) is 13.2 Å². The normalized spacial score (nSPS) is 29.1. The van der Waals surface area contributed by atoms with Gasteiger partial charge in [0, 0.05) is 0 Å². The molecule has 0 aromatic heterocycles. The highest BCUT2D eigenvalue weighted by Crippen LogP contribution is 2.43. The maximum Gasteiger partial charge on any atom is 0.419 e. The maximum atomic E-state index is 13.6. The van der Waals surface area contributed by atoms with Gasteiger partial charge in [-0.3, -0.25) is 4.79 Å². The topological polar surface area (TPSA) is 63.3 Å². The summed E-state index contributed by atoms with van der Waals surface area (Å²) in [6, 6.07) is 2.73. The molecule has 0 amide bonds. The number of rotatable bonds is 1. The van der Waals surface area contributed by atoms with E-state index in [1.165, 1.54) is 6.92 Å². The van der Waals surface area contributed by atoms with E-state index in [1.54, 1.807) is 0 Å². The van der Waals surface area contributed by atoms with Crippen LogP contribution in [0.25, 0.3) is 0 Å². The van der Waals surface area contributed by atoms with E-state index in [4.69, 9.17) is 5.73 Å². The van der Waals surface area contributed by atoms with Crippen LogP contribution in [0.3, 0.4) is 0 Å². The van der Waals surface area contributed by atoms with Gasteiger partial charge < -0.3 is 10.8 Å². The quantitative estimate of drug-likeness (QED) is 0.772. The number of aliphatic hydroxyl groups is 1. The van der Waals surface area contributed by atoms with Crippen molar-refractivity contribution in [1.82, 2.24) is 0 Å². The van der Waals surface area contributed by atoms with E-state index in [0.717, 1.165) is 12.1 Å². The lowest BCUT2D eigenvalue weighted by molar-refractivity contribution is -0.149. The van der Waals surface area contributed by atoms with Gasteiger partial charge in [0.15, 0.2) is 5.78 Å². The van der Waals surface area contributed by atoms with Gasteiger partial charge in [-0.25, -0.2) is 4.39 Å². The molecule has 3 N–H and O–H groups in total. The molecule has 3 nitrogen and oxygen atoms in total. The van der Waals surface area contributed by atoms with Crippen LogP contribution in [0.2, 0.25) is 0 Å². The van der Waals surface area contributed by atoms with Crippen LogP contribution >= 0.6 is 12.4 Å². The van der Waals surface area contributed by atoms with E-state index < -0.39 is 40.0 Å². The zero-order valence-corrected chi connectivity index (χ0v) is 12.5. The lowest BCUT2D eigenvalue weighted by Gasteiger charge is -2.40. The Labute approximate surface area is 130 Å². The minimum absolute atomic E-state index is 0. The average Bonchev–Trinajstić information content (AvgIpc) is 2.34. The van der Waals surface area contributed by atoms with Crippen molar-refractivity contribution >= 4 is 18.2 Å². The van der Waals surface area contributed by atoms with Crippen molar-refractivity contribution < 1.29 is 27.5 Å². The molecule has 1 aromatic carbocycles. The van der Waals surface area contributed by atoms with Gasteiger partial charge in [-0.15, -0.1) is 12.4 Å². The van der Waals surface area contributed by atoms with Crippen LogP contribution in [0.1, 0.15) is 37.3 Å². The molecule has 8 heteroatoms. The highest BCUT2D eigenvalue weighted by atomic mass is 35.5. The van der Waals surface area contributed by atoms with E-state index in [2.05, 4.69) is 0 Å². The minimum Gasteiger partial charge on any atom is -0.382 e. The summed E-state index contributed by atoms with van der Waals surface area (Å²) in [5.41, 5.74) is -0.143. The highest BCUT2D eigenvalue weighted by Gasteiger charge is 2.52. The van der Waals surface area contributed by atoms with Crippen LogP contribution in [0, 0.1) is 5.82 Å². The first-order valence-corrected chi connectivity index (χ1v) is 6.42. The van der Waals surface area contributed by atoms with Gasteiger partial charge in [0.05, 0.1) is 5.56 Å². The van der Waals surface area contributed by atoms with Crippen molar-refractivity contribution in [2.45, 2.75) is 43.5 Å². The molecule has 22 heavy (non-hydrogen) atoms. The van der Waals surface area contributed by atoms with Gasteiger partial charge in [0.1, 0.15) is 17.0 Å². The van der Waals surface area contributed by atoms with Crippen LogP contribution in [-0.4, -0.2) is 16.5 Å². The first kappa shape index (κ1) is 18.9. The maximum absolute atomic E-state index is 13.6.